The highest BCUT2D eigenvalue weighted by Crippen LogP contribution is 2.24. The minimum Gasteiger partial charge on any atom is -0.394 e. The van der Waals surface area contributed by atoms with Crippen molar-refractivity contribution in [2.75, 3.05) is 18.5 Å². The monoisotopic (exact) mass is 421 g/mol. The fourth-order valence-electron chi connectivity index (χ4n) is 4.26. The number of halogens is 1. The topological polar surface area (TPSA) is 99.7 Å². The molecule has 1 saturated carbocycles. The molecule has 0 bridgehead atoms. The highest BCUT2D eigenvalue weighted by Gasteiger charge is 2.32. The first kappa shape index (κ1) is 22.5. The molecule has 3 rings (SSSR count). The summed E-state index contributed by atoms with van der Waals surface area (Å²) in [5.41, 5.74) is 0.0962. The molecule has 30 heavy (non-hydrogen) atoms. The number of carbonyl (C=O) groups is 2. The Labute approximate surface area is 176 Å². The van der Waals surface area contributed by atoms with Gasteiger partial charge in [-0.05, 0) is 44.2 Å². The number of hydrogen-bond acceptors (Lipinski definition) is 4. The Kier molecular flexibility index (Phi) is 8.45. The van der Waals surface area contributed by atoms with Crippen LogP contribution in [0.1, 0.15) is 51.4 Å². The Morgan fingerprint density at radius 3 is 2.60 bits per heavy atom. The zero-order valence-electron chi connectivity index (χ0n) is 17.2. The molecular formula is C22H32FN3O4. The van der Waals surface area contributed by atoms with E-state index in [1.165, 1.54) is 18.6 Å². The molecule has 166 valence electrons. The van der Waals surface area contributed by atoms with Crippen LogP contribution in [0.15, 0.2) is 24.3 Å². The van der Waals surface area contributed by atoms with Gasteiger partial charge in [0.05, 0.1) is 24.4 Å². The number of amides is 3. The van der Waals surface area contributed by atoms with Gasteiger partial charge in [-0.25, -0.2) is 9.18 Å². The van der Waals surface area contributed by atoms with Gasteiger partial charge in [0.2, 0.25) is 5.91 Å². The molecule has 1 heterocycles. The van der Waals surface area contributed by atoms with Gasteiger partial charge in [0.25, 0.3) is 0 Å². The third kappa shape index (κ3) is 6.40. The molecule has 8 heteroatoms. The second-order valence-electron chi connectivity index (χ2n) is 8.16. The molecule has 7 nitrogen and oxygen atoms in total. The van der Waals surface area contributed by atoms with Gasteiger partial charge >= 0.3 is 6.03 Å². The highest BCUT2D eigenvalue weighted by molar-refractivity contribution is 5.89. The van der Waals surface area contributed by atoms with Gasteiger partial charge in [-0.15, -0.1) is 0 Å². The Balaban J connectivity index is 1.40. The lowest BCUT2D eigenvalue weighted by Gasteiger charge is -2.36. The van der Waals surface area contributed by atoms with Crippen LogP contribution >= 0.6 is 0 Å². The van der Waals surface area contributed by atoms with Crippen molar-refractivity contribution < 1.29 is 23.8 Å². The summed E-state index contributed by atoms with van der Waals surface area (Å²) in [4.78, 5) is 24.4. The number of aliphatic hydroxyl groups is 1. The first-order valence-electron chi connectivity index (χ1n) is 10.9. The number of para-hydroxylation sites is 1. The van der Waals surface area contributed by atoms with Gasteiger partial charge in [-0.3, -0.25) is 4.79 Å². The lowest BCUT2D eigenvalue weighted by Crippen LogP contribution is -2.52. The van der Waals surface area contributed by atoms with Crippen LogP contribution in [0.5, 0.6) is 0 Å². The number of anilines is 1. The van der Waals surface area contributed by atoms with E-state index < -0.39 is 18.0 Å². The predicted molar refractivity (Wildman–Crippen MR) is 112 cm³/mol. The molecule has 3 amide bonds. The second-order valence-corrected chi connectivity index (χ2v) is 8.16. The van der Waals surface area contributed by atoms with E-state index in [4.69, 9.17) is 4.74 Å². The number of benzene rings is 1. The van der Waals surface area contributed by atoms with E-state index in [0.717, 1.165) is 25.7 Å². The largest absolute Gasteiger partial charge is 0.394 e. The molecule has 1 aliphatic carbocycles. The van der Waals surface area contributed by atoms with Crippen molar-refractivity contribution in [3.63, 3.8) is 0 Å². The van der Waals surface area contributed by atoms with E-state index in [2.05, 4.69) is 16.0 Å². The fraction of sp³-hybridized carbons (Fsp3) is 0.636. The Bertz CT molecular complexity index is 711. The lowest BCUT2D eigenvalue weighted by molar-refractivity contribution is -0.126. The predicted octanol–water partition coefficient (Wildman–Crippen LogP) is 2.94. The van der Waals surface area contributed by atoms with E-state index in [9.17, 15) is 19.1 Å². The summed E-state index contributed by atoms with van der Waals surface area (Å²) in [5.74, 6) is -0.243. The average molecular weight is 422 g/mol. The maximum Gasteiger partial charge on any atom is 0.319 e. The summed E-state index contributed by atoms with van der Waals surface area (Å²) in [5, 5.41) is 17.9. The lowest BCUT2D eigenvalue weighted by atomic mass is 9.88. The van der Waals surface area contributed by atoms with E-state index in [1.54, 1.807) is 12.1 Å². The Hall–Kier alpha value is -2.19. The molecule has 0 unspecified atom stereocenters. The number of nitrogens with one attached hydrogen (secondary N) is 3. The van der Waals surface area contributed by atoms with Gasteiger partial charge in [0.1, 0.15) is 11.9 Å². The highest BCUT2D eigenvalue weighted by atomic mass is 19.1. The molecular weight excluding hydrogens is 389 g/mol. The summed E-state index contributed by atoms with van der Waals surface area (Å²) in [6.45, 7) is 0.319. The van der Waals surface area contributed by atoms with Crippen molar-refractivity contribution in [3.05, 3.63) is 30.1 Å². The molecule has 0 radical (unpaired) electrons. The molecule has 3 atom stereocenters. The van der Waals surface area contributed by atoms with Crippen molar-refractivity contribution in [3.8, 4) is 0 Å². The number of hydrogen-bond donors (Lipinski definition) is 4. The van der Waals surface area contributed by atoms with E-state index in [0.29, 0.717) is 25.8 Å². The van der Waals surface area contributed by atoms with Crippen LogP contribution in [-0.2, 0) is 9.53 Å². The summed E-state index contributed by atoms with van der Waals surface area (Å²) in [6, 6.07) is 5.03. The maximum absolute atomic E-state index is 13.7. The maximum atomic E-state index is 13.7. The normalized spacial score (nSPS) is 24.8. The molecule has 1 aliphatic heterocycles. The average Bonchev–Trinajstić information content (AvgIpc) is 2.76. The summed E-state index contributed by atoms with van der Waals surface area (Å²) >= 11 is 0. The van der Waals surface area contributed by atoms with Gasteiger partial charge in [-0.1, -0.05) is 31.4 Å². The molecule has 1 aromatic carbocycles. The smallest absolute Gasteiger partial charge is 0.319 e. The fourth-order valence-corrected chi connectivity index (χ4v) is 4.26. The number of aliphatic hydroxyl groups excluding tert-OH is 1. The first-order chi connectivity index (χ1) is 14.6. The van der Waals surface area contributed by atoms with E-state index >= 15 is 0 Å². The van der Waals surface area contributed by atoms with Gasteiger partial charge in [-0.2, -0.15) is 0 Å². The molecule has 2 aliphatic rings. The van der Waals surface area contributed by atoms with Gasteiger partial charge < -0.3 is 25.8 Å². The van der Waals surface area contributed by atoms with Crippen molar-refractivity contribution in [1.29, 1.82) is 0 Å². The van der Waals surface area contributed by atoms with Crippen LogP contribution in [0.3, 0.4) is 0 Å². The second kappa shape index (κ2) is 11.3. The van der Waals surface area contributed by atoms with Crippen LogP contribution in [0.2, 0.25) is 0 Å². The Morgan fingerprint density at radius 2 is 1.87 bits per heavy atom. The minimum absolute atomic E-state index is 0.0820. The summed E-state index contributed by atoms with van der Waals surface area (Å²) in [7, 11) is 0. The van der Waals surface area contributed by atoms with Crippen LogP contribution in [0.4, 0.5) is 14.9 Å². The molecule has 1 aromatic rings. The van der Waals surface area contributed by atoms with Crippen molar-refractivity contribution in [1.82, 2.24) is 10.6 Å². The number of urea groups is 1. The van der Waals surface area contributed by atoms with Crippen LogP contribution in [0.25, 0.3) is 0 Å². The zero-order chi connectivity index (χ0) is 21.3. The number of carbonyl (C=O) groups excluding carboxylic acids is 2. The van der Waals surface area contributed by atoms with Crippen LogP contribution in [-0.4, -0.2) is 48.4 Å². The molecule has 4 N–H and O–H groups in total. The number of rotatable bonds is 7. The molecule has 0 spiro atoms. The summed E-state index contributed by atoms with van der Waals surface area (Å²) < 4.78 is 19.6. The van der Waals surface area contributed by atoms with E-state index in [-0.39, 0.29) is 36.3 Å². The third-order valence-corrected chi connectivity index (χ3v) is 5.98. The van der Waals surface area contributed by atoms with Gasteiger partial charge in [0, 0.05) is 12.5 Å². The van der Waals surface area contributed by atoms with Crippen LogP contribution in [0, 0.1) is 11.7 Å². The van der Waals surface area contributed by atoms with Crippen molar-refractivity contribution in [2.45, 2.75) is 69.6 Å². The standard InChI is InChI=1S/C22H32FN3O4/c23-17-8-4-5-9-18(17)25-22(29)26-19-11-10-16(30-20(19)14-27)12-13-24-21(28)15-6-2-1-3-7-15/h4-5,8-9,15-16,19-20,27H,1-3,6-7,10-14H2,(H,24,28)(H2,25,26,29)/t16-,19+,20+/m1/s1. The molecule has 0 aromatic heterocycles. The van der Waals surface area contributed by atoms with Crippen LogP contribution < -0.4 is 16.0 Å². The van der Waals surface area contributed by atoms with Gasteiger partial charge in [0.15, 0.2) is 0 Å². The zero-order valence-corrected chi connectivity index (χ0v) is 17.2. The third-order valence-electron chi connectivity index (χ3n) is 5.98. The number of ether oxygens (including phenoxy) is 1. The quantitative estimate of drug-likeness (QED) is 0.544. The van der Waals surface area contributed by atoms with E-state index in [1.807, 2.05) is 0 Å². The minimum atomic E-state index is -0.538. The van der Waals surface area contributed by atoms with Crippen molar-refractivity contribution >= 4 is 17.6 Å². The SMILES string of the molecule is O=C(Nc1ccccc1F)N[C@H]1CC[C@H](CCNC(=O)C2CCCCC2)O[C@H]1CO. The molecule has 1 saturated heterocycles. The Morgan fingerprint density at radius 1 is 1.10 bits per heavy atom. The molecule has 2 fully saturated rings. The van der Waals surface area contributed by atoms with Crippen molar-refractivity contribution in [2.24, 2.45) is 5.92 Å². The first-order valence-corrected chi connectivity index (χ1v) is 10.9. The summed E-state index contributed by atoms with van der Waals surface area (Å²) in [6.07, 6.45) is 6.81.